The highest BCUT2D eigenvalue weighted by molar-refractivity contribution is 5.40. The molecule has 1 N–H and O–H groups in total. The predicted octanol–water partition coefficient (Wildman–Crippen LogP) is 1.41. The van der Waals surface area contributed by atoms with Crippen LogP contribution < -0.4 is 4.90 Å². The van der Waals surface area contributed by atoms with Gasteiger partial charge in [-0.3, -0.25) is 0 Å². The van der Waals surface area contributed by atoms with E-state index in [0.29, 0.717) is 6.54 Å². The van der Waals surface area contributed by atoms with Gasteiger partial charge in [0, 0.05) is 24.8 Å². The minimum atomic E-state index is -0.276. The zero-order valence-corrected chi connectivity index (χ0v) is 12.0. The lowest BCUT2D eigenvalue weighted by Gasteiger charge is -2.42. The first-order valence-electron chi connectivity index (χ1n) is 6.88. The monoisotopic (exact) mass is 265 g/mol. The predicted molar refractivity (Wildman–Crippen MR) is 74.3 cm³/mol. The van der Waals surface area contributed by atoms with Gasteiger partial charge in [-0.25, -0.2) is 9.97 Å². The second-order valence-corrected chi connectivity index (χ2v) is 5.68. The summed E-state index contributed by atoms with van der Waals surface area (Å²) in [6.07, 6.45) is 3.50. The van der Waals surface area contributed by atoms with Crippen molar-refractivity contribution in [3.05, 3.63) is 18.1 Å². The Morgan fingerprint density at radius 2 is 2.26 bits per heavy atom. The molecule has 0 bridgehead atoms. The smallest absolute Gasteiger partial charge is 0.132 e. The number of hydrogen-bond acceptors (Lipinski definition) is 5. The van der Waals surface area contributed by atoms with E-state index in [1.54, 1.807) is 6.33 Å². The molecule has 1 aliphatic rings. The van der Waals surface area contributed by atoms with Crippen LogP contribution in [-0.4, -0.2) is 46.5 Å². The van der Waals surface area contributed by atoms with Gasteiger partial charge >= 0.3 is 0 Å². The van der Waals surface area contributed by atoms with Crippen LogP contribution in [0, 0.1) is 0 Å². The van der Waals surface area contributed by atoms with Crippen LogP contribution in [0.4, 0.5) is 5.82 Å². The summed E-state index contributed by atoms with van der Waals surface area (Å²) in [5.74, 6) is 0.924. The third-order valence-electron chi connectivity index (χ3n) is 3.22. The van der Waals surface area contributed by atoms with Crippen molar-refractivity contribution in [3.63, 3.8) is 0 Å². The van der Waals surface area contributed by atoms with Crippen LogP contribution in [0.1, 0.15) is 32.9 Å². The van der Waals surface area contributed by atoms with Crippen molar-refractivity contribution in [2.45, 2.75) is 45.3 Å². The molecule has 0 spiro atoms. The van der Waals surface area contributed by atoms with Crippen molar-refractivity contribution < 1.29 is 9.84 Å². The molecule has 1 aromatic heterocycles. The lowest BCUT2D eigenvalue weighted by molar-refractivity contribution is -0.101. The van der Waals surface area contributed by atoms with Gasteiger partial charge in [0.15, 0.2) is 0 Å². The number of aliphatic hydroxyl groups is 1. The number of aryl methyl sites for hydroxylation is 1. The summed E-state index contributed by atoms with van der Waals surface area (Å²) in [5.41, 5.74) is 0.791. The van der Waals surface area contributed by atoms with E-state index in [0.717, 1.165) is 30.9 Å². The Kier molecular flexibility index (Phi) is 4.37. The van der Waals surface area contributed by atoms with Gasteiger partial charge in [-0.15, -0.1) is 0 Å². The summed E-state index contributed by atoms with van der Waals surface area (Å²) in [7, 11) is 0. The van der Waals surface area contributed by atoms with Crippen LogP contribution in [-0.2, 0) is 11.2 Å². The number of morpholine rings is 1. The van der Waals surface area contributed by atoms with Crippen molar-refractivity contribution in [1.82, 2.24) is 9.97 Å². The molecule has 5 nitrogen and oxygen atoms in total. The number of hydrogen-bond donors (Lipinski definition) is 1. The first-order valence-corrected chi connectivity index (χ1v) is 6.88. The normalized spacial score (nSPS) is 22.5. The Morgan fingerprint density at radius 1 is 1.47 bits per heavy atom. The van der Waals surface area contributed by atoms with E-state index in [9.17, 15) is 5.11 Å². The summed E-state index contributed by atoms with van der Waals surface area (Å²) >= 11 is 0. The van der Waals surface area contributed by atoms with E-state index in [2.05, 4.69) is 21.8 Å². The van der Waals surface area contributed by atoms with Crippen LogP contribution >= 0.6 is 0 Å². The highest BCUT2D eigenvalue weighted by Gasteiger charge is 2.33. The van der Waals surface area contributed by atoms with Crippen molar-refractivity contribution in [2.24, 2.45) is 0 Å². The van der Waals surface area contributed by atoms with E-state index in [1.165, 1.54) is 0 Å². The van der Waals surface area contributed by atoms with E-state index in [1.807, 2.05) is 19.9 Å². The second kappa shape index (κ2) is 5.84. The molecule has 19 heavy (non-hydrogen) atoms. The van der Waals surface area contributed by atoms with E-state index >= 15 is 0 Å². The maximum atomic E-state index is 9.34. The number of ether oxygens (including phenoxy) is 1. The lowest BCUT2D eigenvalue weighted by Crippen LogP contribution is -2.54. The van der Waals surface area contributed by atoms with Gasteiger partial charge in [0.1, 0.15) is 12.1 Å². The highest BCUT2D eigenvalue weighted by Crippen LogP contribution is 2.24. The standard InChI is InChI=1S/C14H23N3O2/c1-4-5-11-6-13(16-10-15-11)17-7-12(8-18)19-14(2,3)9-17/h6,10,12,18H,4-5,7-9H2,1-3H3. The Morgan fingerprint density at radius 3 is 2.95 bits per heavy atom. The summed E-state index contributed by atoms with van der Waals surface area (Å²) in [6.45, 7) is 7.69. The summed E-state index contributed by atoms with van der Waals surface area (Å²) in [4.78, 5) is 10.8. The van der Waals surface area contributed by atoms with Crippen LogP contribution in [0.15, 0.2) is 12.4 Å². The Labute approximate surface area is 114 Å². The van der Waals surface area contributed by atoms with Gasteiger partial charge in [0.25, 0.3) is 0 Å². The zero-order chi connectivity index (χ0) is 13.9. The fourth-order valence-electron chi connectivity index (χ4n) is 2.52. The highest BCUT2D eigenvalue weighted by atomic mass is 16.5. The minimum Gasteiger partial charge on any atom is -0.394 e. The van der Waals surface area contributed by atoms with Crippen LogP contribution in [0.25, 0.3) is 0 Å². The number of nitrogens with zero attached hydrogens (tertiary/aromatic N) is 3. The maximum absolute atomic E-state index is 9.34. The average Bonchev–Trinajstić information content (AvgIpc) is 2.37. The number of rotatable bonds is 4. The molecular weight excluding hydrogens is 242 g/mol. The molecule has 2 heterocycles. The molecule has 1 unspecified atom stereocenters. The Balaban J connectivity index is 2.17. The molecule has 1 atom stereocenters. The largest absolute Gasteiger partial charge is 0.394 e. The quantitative estimate of drug-likeness (QED) is 0.892. The molecule has 1 fully saturated rings. The van der Waals surface area contributed by atoms with Gasteiger partial charge in [-0.2, -0.15) is 0 Å². The minimum absolute atomic E-state index is 0.0346. The summed E-state index contributed by atoms with van der Waals surface area (Å²) in [5, 5.41) is 9.34. The maximum Gasteiger partial charge on any atom is 0.132 e. The van der Waals surface area contributed by atoms with E-state index in [-0.39, 0.29) is 18.3 Å². The molecule has 1 aromatic rings. The van der Waals surface area contributed by atoms with Gasteiger partial charge in [-0.1, -0.05) is 13.3 Å². The van der Waals surface area contributed by atoms with Gasteiger partial charge in [0.2, 0.25) is 0 Å². The third-order valence-corrected chi connectivity index (χ3v) is 3.22. The van der Waals surface area contributed by atoms with E-state index in [4.69, 9.17) is 4.74 Å². The second-order valence-electron chi connectivity index (χ2n) is 5.68. The van der Waals surface area contributed by atoms with Gasteiger partial charge < -0.3 is 14.7 Å². The van der Waals surface area contributed by atoms with Crippen molar-refractivity contribution in [1.29, 1.82) is 0 Å². The first kappa shape index (κ1) is 14.2. The molecule has 0 amide bonds. The molecular formula is C14H23N3O2. The van der Waals surface area contributed by atoms with Gasteiger partial charge in [0.05, 0.1) is 18.3 Å². The van der Waals surface area contributed by atoms with Crippen LogP contribution in [0.2, 0.25) is 0 Å². The molecule has 106 valence electrons. The SMILES string of the molecule is CCCc1cc(N2CC(CO)OC(C)(C)C2)ncn1. The molecule has 0 radical (unpaired) electrons. The van der Waals surface area contributed by atoms with E-state index < -0.39 is 0 Å². The molecule has 5 heteroatoms. The summed E-state index contributed by atoms with van der Waals surface area (Å²) < 4.78 is 5.82. The molecule has 0 aliphatic carbocycles. The van der Waals surface area contributed by atoms with Crippen LogP contribution in [0.5, 0.6) is 0 Å². The first-order chi connectivity index (χ1) is 9.04. The third kappa shape index (κ3) is 3.64. The Bertz CT molecular complexity index is 423. The lowest BCUT2D eigenvalue weighted by atomic mass is 10.1. The summed E-state index contributed by atoms with van der Waals surface area (Å²) in [6, 6.07) is 2.04. The van der Waals surface area contributed by atoms with Crippen LogP contribution in [0.3, 0.4) is 0 Å². The molecule has 0 saturated carbocycles. The van der Waals surface area contributed by atoms with Crippen molar-refractivity contribution in [2.75, 3.05) is 24.6 Å². The zero-order valence-electron chi connectivity index (χ0n) is 12.0. The fraction of sp³-hybridized carbons (Fsp3) is 0.714. The number of aromatic nitrogens is 2. The average molecular weight is 265 g/mol. The van der Waals surface area contributed by atoms with Gasteiger partial charge in [-0.05, 0) is 20.3 Å². The molecule has 1 saturated heterocycles. The molecule has 2 rings (SSSR count). The Hall–Kier alpha value is -1.20. The number of aliphatic hydroxyl groups excluding tert-OH is 1. The molecule has 1 aliphatic heterocycles. The van der Waals surface area contributed by atoms with Crippen molar-refractivity contribution >= 4 is 5.82 Å². The fourth-order valence-corrected chi connectivity index (χ4v) is 2.52. The number of anilines is 1. The van der Waals surface area contributed by atoms with Crippen molar-refractivity contribution in [3.8, 4) is 0 Å². The molecule has 0 aromatic carbocycles. The topological polar surface area (TPSA) is 58.5 Å².